The Bertz CT molecular complexity index is 504. The third-order valence-electron chi connectivity index (χ3n) is 4.34. The lowest BCUT2D eigenvalue weighted by molar-refractivity contribution is -0.140. The van der Waals surface area contributed by atoms with Crippen LogP contribution in [0.3, 0.4) is 0 Å². The lowest BCUT2D eigenvalue weighted by Crippen LogP contribution is -2.52. The van der Waals surface area contributed by atoms with Crippen LogP contribution in [0.15, 0.2) is 12.7 Å². The molecule has 0 spiro atoms. The molecule has 0 radical (unpaired) electrons. The molecule has 1 saturated heterocycles. The average Bonchev–Trinajstić information content (AvgIpc) is 2.91. The van der Waals surface area contributed by atoms with Gasteiger partial charge in [-0.2, -0.15) is 5.10 Å². The number of amides is 1. The third kappa shape index (κ3) is 3.50. The van der Waals surface area contributed by atoms with Crippen LogP contribution in [0.2, 0.25) is 0 Å². The molecule has 1 amide bonds. The van der Waals surface area contributed by atoms with Crippen LogP contribution in [0.1, 0.15) is 31.9 Å². The Balaban J connectivity index is 1.88. The Kier molecular flexibility index (Phi) is 4.77. The molecule has 1 atom stereocenters. The summed E-state index contributed by atoms with van der Waals surface area (Å²) >= 11 is 0. The van der Waals surface area contributed by atoms with Crippen LogP contribution in [0, 0.1) is 12.3 Å². The van der Waals surface area contributed by atoms with E-state index in [1.165, 1.54) is 0 Å². The summed E-state index contributed by atoms with van der Waals surface area (Å²) in [4.78, 5) is 21.1. The SMILES string of the molecule is C=CC(C)(CC)C(=O)N1CCN(Cc2n[nH]c(C)n2)CC1. The first-order valence-electron chi connectivity index (χ1n) is 7.51. The van der Waals surface area contributed by atoms with Crippen molar-refractivity contribution in [2.75, 3.05) is 26.2 Å². The predicted octanol–water partition coefficient (Wildman–Crippen LogP) is 1.36. The maximum atomic E-state index is 12.6. The van der Waals surface area contributed by atoms with Gasteiger partial charge in [-0.25, -0.2) is 4.98 Å². The van der Waals surface area contributed by atoms with Crippen molar-refractivity contribution in [2.45, 2.75) is 33.7 Å². The van der Waals surface area contributed by atoms with E-state index >= 15 is 0 Å². The zero-order valence-electron chi connectivity index (χ0n) is 13.2. The van der Waals surface area contributed by atoms with Crippen molar-refractivity contribution in [3.8, 4) is 0 Å². The summed E-state index contributed by atoms with van der Waals surface area (Å²) in [5, 5.41) is 7.02. The number of carbonyl (C=O) groups is 1. The number of hydrogen-bond donors (Lipinski definition) is 1. The van der Waals surface area contributed by atoms with Gasteiger partial charge in [0.15, 0.2) is 5.82 Å². The monoisotopic (exact) mass is 291 g/mol. The summed E-state index contributed by atoms with van der Waals surface area (Å²) in [6.07, 6.45) is 2.56. The molecule has 1 fully saturated rings. The number of carbonyl (C=O) groups excluding carboxylic acids is 1. The molecule has 21 heavy (non-hydrogen) atoms. The zero-order chi connectivity index (χ0) is 15.5. The first kappa shape index (κ1) is 15.7. The first-order valence-corrected chi connectivity index (χ1v) is 7.51. The van der Waals surface area contributed by atoms with Crippen LogP contribution in [0.5, 0.6) is 0 Å². The molecular weight excluding hydrogens is 266 g/mol. The fourth-order valence-corrected chi connectivity index (χ4v) is 2.51. The fourth-order valence-electron chi connectivity index (χ4n) is 2.51. The molecule has 1 unspecified atom stereocenters. The Morgan fingerprint density at radius 2 is 2.10 bits per heavy atom. The van der Waals surface area contributed by atoms with Gasteiger partial charge in [-0.3, -0.25) is 14.8 Å². The number of hydrogen-bond acceptors (Lipinski definition) is 4. The number of aromatic amines is 1. The summed E-state index contributed by atoms with van der Waals surface area (Å²) in [7, 11) is 0. The molecule has 6 nitrogen and oxygen atoms in total. The van der Waals surface area contributed by atoms with Gasteiger partial charge in [0.25, 0.3) is 0 Å². The molecule has 2 heterocycles. The maximum Gasteiger partial charge on any atom is 0.232 e. The van der Waals surface area contributed by atoms with Crippen molar-refractivity contribution in [2.24, 2.45) is 5.41 Å². The number of piperazine rings is 1. The number of nitrogens with zero attached hydrogens (tertiary/aromatic N) is 4. The number of aromatic nitrogens is 3. The second-order valence-corrected chi connectivity index (χ2v) is 5.88. The summed E-state index contributed by atoms with van der Waals surface area (Å²) in [6.45, 7) is 13.7. The molecule has 0 saturated carbocycles. The second-order valence-electron chi connectivity index (χ2n) is 5.88. The van der Waals surface area contributed by atoms with Crippen molar-refractivity contribution in [3.63, 3.8) is 0 Å². The quantitative estimate of drug-likeness (QED) is 0.832. The third-order valence-corrected chi connectivity index (χ3v) is 4.34. The summed E-state index contributed by atoms with van der Waals surface area (Å²) in [6, 6.07) is 0. The molecular formula is C15H25N5O. The fraction of sp³-hybridized carbons (Fsp3) is 0.667. The predicted molar refractivity (Wildman–Crippen MR) is 81.6 cm³/mol. The average molecular weight is 291 g/mol. The van der Waals surface area contributed by atoms with Crippen LogP contribution in [-0.2, 0) is 11.3 Å². The molecule has 1 aromatic heterocycles. The van der Waals surface area contributed by atoms with Crippen LogP contribution < -0.4 is 0 Å². The molecule has 1 N–H and O–H groups in total. The van der Waals surface area contributed by atoms with Crippen molar-refractivity contribution < 1.29 is 4.79 Å². The first-order chi connectivity index (χ1) is 9.98. The van der Waals surface area contributed by atoms with E-state index in [1.54, 1.807) is 6.08 Å². The van der Waals surface area contributed by atoms with Crippen LogP contribution >= 0.6 is 0 Å². The van der Waals surface area contributed by atoms with E-state index in [0.717, 1.165) is 50.8 Å². The van der Waals surface area contributed by atoms with Gasteiger partial charge in [0.2, 0.25) is 5.91 Å². The Labute approximate surface area is 126 Å². The highest BCUT2D eigenvalue weighted by Crippen LogP contribution is 2.26. The van der Waals surface area contributed by atoms with Crippen molar-refractivity contribution in [1.29, 1.82) is 0 Å². The normalized spacial score (nSPS) is 19.3. The van der Waals surface area contributed by atoms with E-state index in [2.05, 4.69) is 26.7 Å². The van der Waals surface area contributed by atoms with E-state index < -0.39 is 5.41 Å². The molecule has 0 aliphatic carbocycles. The molecule has 0 aromatic carbocycles. The zero-order valence-corrected chi connectivity index (χ0v) is 13.2. The number of aryl methyl sites for hydroxylation is 1. The Morgan fingerprint density at radius 1 is 1.43 bits per heavy atom. The molecule has 2 rings (SSSR count). The minimum absolute atomic E-state index is 0.188. The molecule has 1 aromatic rings. The molecule has 6 heteroatoms. The highest BCUT2D eigenvalue weighted by atomic mass is 16.2. The van der Waals surface area contributed by atoms with Crippen LogP contribution in [-0.4, -0.2) is 57.1 Å². The largest absolute Gasteiger partial charge is 0.339 e. The van der Waals surface area contributed by atoms with Crippen LogP contribution in [0.25, 0.3) is 0 Å². The van der Waals surface area contributed by atoms with E-state index in [-0.39, 0.29) is 5.91 Å². The lowest BCUT2D eigenvalue weighted by atomic mass is 9.86. The summed E-state index contributed by atoms with van der Waals surface area (Å²) < 4.78 is 0. The van der Waals surface area contributed by atoms with Gasteiger partial charge in [-0.1, -0.05) is 13.0 Å². The lowest BCUT2D eigenvalue weighted by Gasteiger charge is -2.38. The highest BCUT2D eigenvalue weighted by Gasteiger charge is 2.33. The molecule has 116 valence electrons. The minimum Gasteiger partial charge on any atom is -0.339 e. The number of rotatable bonds is 5. The van der Waals surface area contributed by atoms with Crippen LogP contribution in [0.4, 0.5) is 0 Å². The van der Waals surface area contributed by atoms with Gasteiger partial charge in [0.05, 0.1) is 12.0 Å². The van der Waals surface area contributed by atoms with Gasteiger partial charge < -0.3 is 4.90 Å². The van der Waals surface area contributed by atoms with Crippen molar-refractivity contribution in [3.05, 3.63) is 24.3 Å². The Hall–Kier alpha value is -1.69. The van der Waals surface area contributed by atoms with E-state index in [9.17, 15) is 4.79 Å². The van der Waals surface area contributed by atoms with Crippen molar-refractivity contribution in [1.82, 2.24) is 25.0 Å². The van der Waals surface area contributed by atoms with Gasteiger partial charge in [-0.05, 0) is 20.3 Å². The highest BCUT2D eigenvalue weighted by molar-refractivity contribution is 5.84. The maximum absolute atomic E-state index is 12.6. The van der Waals surface area contributed by atoms with Gasteiger partial charge in [0, 0.05) is 26.2 Å². The van der Waals surface area contributed by atoms with E-state index in [1.807, 2.05) is 25.7 Å². The van der Waals surface area contributed by atoms with E-state index in [4.69, 9.17) is 0 Å². The summed E-state index contributed by atoms with van der Waals surface area (Å²) in [5.41, 5.74) is -0.441. The van der Waals surface area contributed by atoms with Gasteiger partial charge in [-0.15, -0.1) is 6.58 Å². The van der Waals surface area contributed by atoms with Gasteiger partial charge in [0.1, 0.15) is 5.82 Å². The number of nitrogens with one attached hydrogen (secondary N) is 1. The standard InChI is InChI=1S/C15H25N5O/c1-5-15(4,6-2)14(21)20-9-7-19(8-10-20)11-13-16-12(3)17-18-13/h5H,1,6-11H2,2-4H3,(H,16,17,18). The smallest absolute Gasteiger partial charge is 0.232 e. The molecule has 0 bridgehead atoms. The van der Waals surface area contributed by atoms with Gasteiger partial charge >= 0.3 is 0 Å². The molecule has 1 aliphatic heterocycles. The topological polar surface area (TPSA) is 65.1 Å². The summed E-state index contributed by atoms with van der Waals surface area (Å²) in [5.74, 6) is 1.84. The minimum atomic E-state index is -0.441. The Morgan fingerprint density at radius 3 is 2.57 bits per heavy atom. The number of H-pyrrole nitrogens is 1. The second kappa shape index (κ2) is 6.39. The molecule has 1 aliphatic rings. The van der Waals surface area contributed by atoms with Crippen molar-refractivity contribution >= 4 is 5.91 Å². The van der Waals surface area contributed by atoms with E-state index in [0.29, 0.717) is 0 Å².